The highest BCUT2D eigenvalue weighted by molar-refractivity contribution is 6.30. The Morgan fingerprint density at radius 1 is 1.19 bits per heavy atom. The smallest absolute Gasteiger partial charge is 0.343 e. The lowest BCUT2D eigenvalue weighted by molar-refractivity contribution is 0.0697. The van der Waals surface area contributed by atoms with E-state index in [1.165, 1.54) is 0 Å². The van der Waals surface area contributed by atoms with E-state index in [-0.39, 0.29) is 16.7 Å². The largest absolute Gasteiger partial charge is 0.477 e. The highest BCUT2D eigenvalue weighted by Gasteiger charge is 2.42. The average molecular weight is 376 g/mol. The van der Waals surface area contributed by atoms with E-state index in [1.807, 2.05) is 0 Å². The van der Waals surface area contributed by atoms with Gasteiger partial charge in [0.1, 0.15) is 0 Å². The number of aromatic nitrogens is 1. The lowest BCUT2D eigenvalue weighted by Crippen LogP contribution is -2.39. The summed E-state index contributed by atoms with van der Waals surface area (Å²) in [5, 5.41) is 14.5. The number of likely N-dealkylation sites (tertiary alicyclic amines) is 1. The van der Waals surface area contributed by atoms with Gasteiger partial charge >= 0.3 is 5.97 Å². The molecule has 3 heterocycles. The summed E-state index contributed by atoms with van der Waals surface area (Å²) in [5.41, 5.74) is 1.07. The van der Waals surface area contributed by atoms with Crippen molar-refractivity contribution in [2.24, 2.45) is 5.41 Å². The van der Waals surface area contributed by atoms with Crippen LogP contribution in [-0.4, -0.2) is 54.4 Å². The van der Waals surface area contributed by atoms with Crippen LogP contribution in [0.25, 0.3) is 11.3 Å². The lowest BCUT2D eigenvalue weighted by atomic mass is 9.78. The molecule has 1 aromatic carbocycles. The van der Waals surface area contributed by atoms with E-state index < -0.39 is 5.97 Å². The van der Waals surface area contributed by atoms with Crippen LogP contribution in [0.2, 0.25) is 5.02 Å². The van der Waals surface area contributed by atoms with Crippen molar-refractivity contribution in [3.05, 3.63) is 34.9 Å². The molecule has 0 amide bonds. The van der Waals surface area contributed by atoms with Crippen molar-refractivity contribution in [2.75, 3.05) is 38.1 Å². The van der Waals surface area contributed by atoms with Crippen LogP contribution in [0.15, 0.2) is 28.8 Å². The van der Waals surface area contributed by atoms with Crippen LogP contribution in [0.4, 0.5) is 5.82 Å². The SMILES string of the molecule is CN1CCC2(CC1)CCN(c1noc(-c3ccc(Cl)cc3)c1C(=O)O)C2. The molecule has 2 aliphatic heterocycles. The van der Waals surface area contributed by atoms with Crippen molar-refractivity contribution in [1.82, 2.24) is 10.1 Å². The van der Waals surface area contributed by atoms with Crippen LogP contribution in [-0.2, 0) is 0 Å². The van der Waals surface area contributed by atoms with Gasteiger partial charge in [0.05, 0.1) is 0 Å². The number of hydrogen-bond donors (Lipinski definition) is 1. The maximum atomic E-state index is 12.0. The first-order chi connectivity index (χ1) is 12.5. The van der Waals surface area contributed by atoms with Gasteiger partial charge in [0.2, 0.25) is 0 Å². The predicted molar refractivity (Wildman–Crippen MR) is 99.9 cm³/mol. The standard InChI is InChI=1S/C19H22ClN3O3/c1-22-9-6-19(7-10-22)8-11-23(12-19)17-15(18(24)25)16(26-21-17)13-2-4-14(20)5-3-13/h2-5H,6-12H2,1H3,(H,24,25). The first kappa shape index (κ1) is 17.4. The summed E-state index contributed by atoms with van der Waals surface area (Å²) in [4.78, 5) is 16.4. The van der Waals surface area contributed by atoms with Crippen LogP contribution < -0.4 is 4.90 Å². The molecular formula is C19H22ClN3O3. The summed E-state index contributed by atoms with van der Waals surface area (Å²) in [6.45, 7) is 3.84. The number of carboxylic acid groups (broad SMARTS) is 1. The molecule has 0 bridgehead atoms. The van der Waals surface area contributed by atoms with Gasteiger partial charge in [0.15, 0.2) is 17.1 Å². The number of halogens is 1. The zero-order valence-electron chi connectivity index (χ0n) is 14.7. The van der Waals surface area contributed by atoms with Gasteiger partial charge in [0, 0.05) is 23.7 Å². The third-order valence-corrected chi connectivity index (χ3v) is 6.03. The number of benzene rings is 1. The van der Waals surface area contributed by atoms with Gasteiger partial charge in [-0.25, -0.2) is 4.79 Å². The van der Waals surface area contributed by atoms with E-state index in [2.05, 4.69) is 22.0 Å². The summed E-state index contributed by atoms with van der Waals surface area (Å²) in [5.74, 6) is -0.290. The molecule has 2 aromatic rings. The molecule has 26 heavy (non-hydrogen) atoms. The molecule has 1 N–H and O–H groups in total. The van der Waals surface area contributed by atoms with Gasteiger partial charge < -0.3 is 19.4 Å². The number of carboxylic acids is 1. The molecule has 1 spiro atoms. The Morgan fingerprint density at radius 2 is 1.85 bits per heavy atom. The Balaban J connectivity index is 1.63. The normalized spacial score (nSPS) is 20.0. The minimum absolute atomic E-state index is 0.136. The summed E-state index contributed by atoms with van der Waals surface area (Å²) in [6, 6.07) is 6.94. The van der Waals surface area contributed by atoms with E-state index in [0.29, 0.717) is 16.4 Å². The number of carbonyl (C=O) groups is 1. The first-order valence-corrected chi connectivity index (χ1v) is 9.28. The molecule has 138 valence electrons. The maximum absolute atomic E-state index is 12.0. The monoisotopic (exact) mass is 375 g/mol. The van der Waals surface area contributed by atoms with E-state index in [9.17, 15) is 9.90 Å². The number of anilines is 1. The molecule has 4 rings (SSSR count). The second kappa shape index (κ2) is 6.59. The van der Waals surface area contributed by atoms with Crippen LogP contribution in [0, 0.1) is 5.41 Å². The Labute approximate surface area is 157 Å². The Morgan fingerprint density at radius 3 is 2.50 bits per heavy atom. The van der Waals surface area contributed by atoms with Gasteiger partial charge in [-0.1, -0.05) is 16.8 Å². The van der Waals surface area contributed by atoms with Crippen molar-refractivity contribution in [2.45, 2.75) is 19.3 Å². The summed E-state index contributed by atoms with van der Waals surface area (Å²) < 4.78 is 5.46. The molecule has 0 saturated carbocycles. The molecule has 1 aromatic heterocycles. The van der Waals surface area contributed by atoms with Crippen LogP contribution in [0.3, 0.4) is 0 Å². The number of hydrogen-bond acceptors (Lipinski definition) is 5. The third-order valence-electron chi connectivity index (χ3n) is 5.78. The number of nitrogens with zero attached hydrogens (tertiary/aromatic N) is 3. The van der Waals surface area contributed by atoms with Gasteiger partial charge in [-0.15, -0.1) is 0 Å². The molecule has 0 unspecified atom stereocenters. The van der Waals surface area contributed by atoms with E-state index >= 15 is 0 Å². The molecule has 6 nitrogen and oxygen atoms in total. The number of rotatable bonds is 3. The van der Waals surface area contributed by atoms with Crippen molar-refractivity contribution in [3.63, 3.8) is 0 Å². The fourth-order valence-corrected chi connectivity index (χ4v) is 4.23. The van der Waals surface area contributed by atoms with Crippen molar-refractivity contribution in [3.8, 4) is 11.3 Å². The van der Waals surface area contributed by atoms with Crippen LogP contribution in [0.5, 0.6) is 0 Å². The van der Waals surface area contributed by atoms with E-state index in [0.717, 1.165) is 45.4 Å². The second-order valence-electron chi connectivity index (χ2n) is 7.50. The Kier molecular flexibility index (Phi) is 4.40. The van der Waals surface area contributed by atoms with E-state index in [1.54, 1.807) is 24.3 Å². The van der Waals surface area contributed by atoms with E-state index in [4.69, 9.17) is 16.1 Å². The number of piperidine rings is 1. The van der Waals surface area contributed by atoms with Crippen LogP contribution >= 0.6 is 11.6 Å². The number of aromatic carboxylic acids is 1. The van der Waals surface area contributed by atoms with Gasteiger partial charge in [-0.05, 0) is 69.1 Å². The minimum Gasteiger partial charge on any atom is -0.477 e. The quantitative estimate of drug-likeness (QED) is 0.883. The predicted octanol–water partition coefficient (Wildman–Crippen LogP) is 3.62. The fraction of sp³-hybridized carbons (Fsp3) is 0.474. The molecule has 0 atom stereocenters. The molecule has 0 aliphatic carbocycles. The van der Waals surface area contributed by atoms with Crippen molar-refractivity contribution in [1.29, 1.82) is 0 Å². The van der Waals surface area contributed by atoms with Gasteiger partial charge in [0.25, 0.3) is 0 Å². The molecule has 2 saturated heterocycles. The minimum atomic E-state index is -1.02. The molecule has 7 heteroatoms. The molecule has 2 fully saturated rings. The maximum Gasteiger partial charge on any atom is 0.343 e. The first-order valence-electron chi connectivity index (χ1n) is 8.90. The zero-order chi connectivity index (χ0) is 18.3. The third kappa shape index (κ3) is 3.08. The molecule has 0 radical (unpaired) electrons. The molecule has 2 aliphatic rings. The van der Waals surface area contributed by atoms with Gasteiger partial charge in [-0.3, -0.25) is 0 Å². The lowest BCUT2D eigenvalue weighted by Gasteiger charge is -2.37. The topological polar surface area (TPSA) is 69.8 Å². The fourth-order valence-electron chi connectivity index (χ4n) is 4.11. The summed E-state index contributed by atoms with van der Waals surface area (Å²) in [7, 11) is 2.15. The Bertz CT molecular complexity index is 810. The van der Waals surface area contributed by atoms with Crippen LogP contribution in [0.1, 0.15) is 29.6 Å². The van der Waals surface area contributed by atoms with Crippen molar-refractivity contribution >= 4 is 23.4 Å². The second-order valence-corrected chi connectivity index (χ2v) is 7.93. The molecular weight excluding hydrogens is 354 g/mol. The summed E-state index contributed by atoms with van der Waals surface area (Å²) in [6.07, 6.45) is 3.36. The zero-order valence-corrected chi connectivity index (χ0v) is 15.5. The van der Waals surface area contributed by atoms with Crippen molar-refractivity contribution < 1.29 is 14.4 Å². The highest BCUT2D eigenvalue weighted by Crippen LogP contribution is 2.43. The van der Waals surface area contributed by atoms with Gasteiger partial charge in [-0.2, -0.15) is 0 Å². The Hall–Kier alpha value is -2.05. The highest BCUT2D eigenvalue weighted by atomic mass is 35.5. The average Bonchev–Trinajstić information content (AvgIpc) is 3.23. The summed E-state index contributed by atoms with van der Waals surface area (Å²) >= 11 is 5.93.